The number of carbonyl (C=O) groups is 1. The third kappa shape index (κ3) is 2.75. The van der Waals surface area contributed by atoms with E-state index in [4.69, 9.17) is 0 Å². The molecule has 5 nitrogen and oxygen atoms in total. The highest BCUT2D eigenvalue weighted by Gasteiger charge is 2.28. The van der Waals surface area contributed by atoms with Crippen molar-refractivity contribution in [3.8, 4) is 0 Å². The fourth-order valence-corrected chi connectivity index (χ4v) is 2.88. The first-order chi connectivity index (χ1) is 10.2. The van der Waals surface area contributed by atoms with Crippen LogP contribution in [0.15, 0.2) is 18.5 Å². The third-order valence-corrected chi connectivity index (χ3v) is 4.19. The number of halogens is 1. The smallest absolute Gasteiger partial charge is 0.226 e. The summed E-state index contributed by atoms with van der Waals surface area (Å²) in [6.07, 6.45) is 7.21. The van der Waals surface area contributed by atoms with Gasteiger partial charge in [0, 0.05) is 32.1 Å². The van der Waals surface area contributed by atoms with E-state index >= 15 is 0 Å². The Morgan fingerprint density at radius 3 is 2.52 bits per heavy atom. The predicted octanol–water partition coefficient (Wildman–Crippen LogP) is 1.54. The normalized spacial score (nSPS) is 19.3. The second-order valence-corrected chi connectivity index (χ2v) is 5.55. The van der Waals surface area contributed by atoms with Crippen LogP contribution < -0.4 is 4.90 Å². The summed E-state index contributed by atoms with van der Waals surface area (Å²) >= 11 is 0. The first kappa shape index (κ1) is 14.0. The Kier molecular flexibility index (Phi) is 3.86. The third-order valence-electron chi connectivity index (χ3n) is 4.19. The lowest BCUT2D eigenvalue weighted by Gasteiger charge is -2.36. The summed E-state index contributed by atoms with van der Waals surface area (Å²) in [6, 6.07) is 0. The van der Waals surface area contributed by atoms with Gasteiger partial charge in [0.25, 0.3) is 0 Å². The molecule has 1 aliphatic heterocycles. The van der Waals surface area contributed by atoms with E-state index in [1.165, 1.54) is 6.33 Å². The zero-order chi connectivity index (χ0) is 14.8. The van der Waals surface area contributed by atoms with Crippen LogP contribution in [0.1, 0.15) is 18.5 Å². The van der Waals surface area contributed by atoms with Gasteiger partial charge in [0.1, 0.15) is 6.33 Å². The molecule has 2 heterocycles. The summed E-state index contributed by atoms with van der Waals surface area (Å²) in [7, 11) is 0. The van der Waals surface area contributed by atoms with Gasteiger partial charge in [0.15, 0.2) is 11.6 Å². The van der Waals surface area contributed by atoms with E-state index in [9.17, 15) is 9.18 Å². The Labute approximate surface area is 123 Å². The van der Waals surface area contributed by atoms with Crippen molar-refractivity contribution in [2.75, 3.05) is 31.1 Å². The number of nitrogens with zero attached hydrogens (tertiary/aromatic N) is 4. The second-order valence-electron chi connectivity index (χ2n) is 5.55. The zero-order valence-corrected chi connectivity index (χ0v) is 12.1. The van der Waals surface area contributed by atoms with E-state index in [0.29, 0.717) is 37.7 Å². The SMILES string of the molecule is Cc1ncnc(N2CCN(C(=O)C3CC=CC3)CC2)c1F. The molecular formula is C15H19FN4O. The first-order valence-electron chi connectivity index (χ1n) is 7.32. The summed E-state index contributed by atoms with van der Waals surface area (Å²) in [6.45, 7) is 4.10. The molecule has 1 fully saturated rings. The number of rotatable bonds is 2. The number of carbonyl (C=O) groups excluding carboxylic acids is 1. The fraction of sp³-hybridized carbons (Fsp3) is 0.533. The van der Waals surface area contributed by atoms with Crippen molar-refractivity contribution in [2.24, 2.45) is 5.92 Å². The van der Waals surface area contributed by atoms with Gasteiger partial charge in [0.2, 0.25) is 5.91 Å². The Morgan fingerprint density at radius 1 is 1.19 bits per heavy atom. The lowest BCUT2D eigenvalue weighted by Crippen LogP contribution is -2.50. The maximum absolute atomic E-state index is 14.0. The van der Waals surface area contributed by atoms with Gasteiger partial charge in [-0.3, -0.25) is 4.79 Å². The van der Waals surface area contributed by atoms with Gasteiger partial charge in [-0.15, -0.1) is 0 Å². The van der Waals surface area contributed by atoms with Crippen LogP contribution in [0.4, 0.5) is 10.2 Å². The Balaban J connectivity index is 1.62. The van der Waals surface area contributed by atoms with Crippen molar-refractivity contribution < 1.29 is 9.18 Å². The van der Waals surface area contributed by atoms with Gasteiger partial charge in [-0.05, 0) is 19.8 Å². The van der Waals surface area contributed by atoms with E-state index < -0.39 is 0 Å². The summed E-state index contributed by atoms with van der Waals surface area (Å²) in [5.74, 6) is 0.308. The standard InChI is InChI=1S/C15H19FN4O/c1-11-13(16)14(18-10-17-11)19-6-8-20(9-7-19)15(21)12-4-2-3-5-12/h2-3,10,12H,4-9H2,1H3. The highest BCUT2D eigenvalue weighted by atomic mass is 19.1. The molecule has 0 radical (unpaired) electrons. The van der Waals surface area contributed by atoms with Crippen LogP contribution >= 0.6 is 0 Å². The quantitative estimate of drug-likeness (QED) is 0.775. The lowest BCUT2D eigenvalue weighted by molar-refractivity contribution is -0.135. The summed E-state index contributed by atoms with van der Waals surface area (Å²) in [5, 5.41) is 0. The average Bonchev–Trinajstić information content (AvgIpc) is 3.04. The number of aromatic nitrogens is 2. The van der Waals surface area contributed by atoms with Crippen LogP contribution in [0.2, 0.25) is 0 Å². The molecule has 0 bridgehead atoms. The second kappa shape index (κ2) is 5.79. The van der Waals surface area contributed by atoms with Crippen molar-refractivity contribution in [3.63, 3.8) is 0 Å². The van der Waals surface area contributed by atoms with Crippen molar-refractivity contribution in [1.82, 2.24) is 14.9 Å². The number of hydrogen-bond acceptors (Lipinski definition) is 4. The molecule has 112 valence electrons. The molecule has 1 saturated heterocycles. The number of allylic oxidation sites excluding steroid dienone is 2. The average molecular weight is 290 g/mol. The maximum Gasteiger partial charge on any atom is 0.226 e. The van der Waals surface area contributed by atoms with Crippen LogP contribution in [0.3, 0.4) is 0 Å². The van der Waals surface area contributed by atoms with Crippen LogP contribution in [0, 0.1) is 18.7 Å². The van der Waals surface area contributed by atoms with Crippen molar-refractivity contribution in [3.05, 3.63) is 30.0 Å². The number of aryl methyl sites for hydroxylation is 1. The highest BCUT2D eigenvalue weighted by Crippen LogP contribution is 2.23. The minimum absolute atomic E-state index is 0.106. The van der Waals surface area contributed by atoms with Crippen LogP contribution in [0.5, 0.6) is 0 Å². The van der Waals surface area contributed by atoms with E-state index in [1.54, 1.807) is 6.92 Å². The molecule has 0 N–H and O–H groups in total. The molecule has 0 saturated carbocycles. The molecule has 0 unspecified atom stereocenters. The molecule has 6 heteroatoms. The van der Waals surface area contributed by atoms with Gasteiger partial charge in [0.05, 0.1) is 5.69 Å². The first-order valence-corrected chi connectivity index (χ1v) is 7.32. The molecule has 3 rings (SSSR count). The molecule has 1 aromatic rings. The van der Waals surface area contributed by atoms with E-state index in [1.807, 2.05) is 9.80 Å². The Morgan fingerprint density at radius 2 is 1.86 bits per heavy atom. The molecule has 1 aliphatic carbocycles. The Hall–Kier alpha value is -1.98. The van der Waals surface area contributed by atoms with Gasteiger partial charge in [-0.2, -0.15) is 0 Å². The van der Waals surface area contributed by atoms with Crippen LogP contribution in [-0.4, -0.2) is 47.0 Å². The molecular weight excluding hydrogens is 271 g/mol. The number of anilines is 1. The molecule has 21 heavy (non-hydrogen) atoms. The summed E-state index contributed by atoms with van der Waals surface area (Å²) < 4.78 is 14.0. The van der Waals surface area contributed by atoms with E-state index in [-0.39, 0.29) is 17.6 Å². The van der Waals surface area contributed by atoms with Gasteiger partial charge in [-0.1, -0.05) is 12.2 Å². The van der Waals surface area contributed by atoms with Crippen molar-refractivity contribution >= 4 is 11.7 Å². The maximum atomic E-state index is 14.0. The Bertz CT molecular complexity index is 559. The van der Waals surface area contributed by atoms with Gasteiger partial charge < -0.3 is 9.80 Å². The molecule has 0 aromatic carbocycles. The van der Waals surface area contributed by atoms with E-state index in [0.717, 1.165) is 12.8 Å². The highest BCUT2D eigenvalue weighted by molar-refractivity contribution is 5.80. The molecule has 1 aromatic heterocycles. The molecule has 0 spiro atoms. The number of amides is 1. The number of piperazine rings is 1. The minimum Gasteiger partial charge on any atom is -0.351 e. The minimum atomic E-state index is -0.364. The monoisotopic (exact) mass is 290 g/mol. The number of hydrogen-bond donors (Lipinski definition) is 0. The van der Waals surface area contributed by atoms with Gasteiger partial charge in [-0.25, -0.2) is 14.4 Å². The van der Waals surface area contributed by atoms with Crippen molar-refractivity contribution in [2.45, 2.75) is 19.8 Å². The lowest BCUT2D eigenvalue weighted by atomic mass is 10.1. The van der Waals surface area contributed by atoms with Crippen LogP contribution in [0.25, 0.3) is 0 Å². The summed E-state index contributed by atoms with van der Waals surface area (Å²) in [5.41, 5.74) is 0.357. The van der Waals surface area contributed by atoms with Crippen LogP contribution in [-0.2, 0) is 4.79 Å². The van der Waals surface area contributed by atoms with E-state index in [2.05, 4.69) is 22.1 Å². The van der Waals surface area contributed by atoms with Gasteiger partial charge >= 0.3 is 0 Å². The molecule has 0 atom stereocenters. The topological polar surface area (TPSA) is 49.3 Å². The zero-order valence-electron chi connectivity index (χ0n) is 12.1. The predicted molar refractivity (Wildman–Crippen MR) is 77.4 cm³/mol. The summed E-state index contributed by atoms with van der Waals surface area (Å²) in [4.78, 5) is 24.0. The van der Waals surface area contributed by atoms with Crippen molar-refractivity contribution in [1.29, 1.82) is 0 Å². The molecule has 2 aliphatic rings. The largest absolute Gasteiger partial charge is 0.351 e. The fourth-order valence-electron chi connectivity index (χ4n) is 2.88. The molecule has 1 amide bonds.